The second kappa shape index (κ2) is 5.34. The summed E-state index contributed by atoms with van der Waals surface area (Å²) in [5.41, 5.74) is 5.71. The van der Waals surface area contributed by atoms with Gasteiger partial charge in [-0.3, -0.25) is 4.79 Å². The maximum atomic E-state index is 13.3. The fourth-order valence-corrected chi connectivity index (χ4v) is 1.10. The molecule has 1 aromatic carbocycles. The molecular formula is C11H15FN2O2. The van der Waals surface area contributed by atoms with Crippen LogP contribution in [0.25, 0.3) is 0 Å². The van der Waals surface area contributed by atoms with Gasteiger partial charge in [0.05, 0.1) is 5.69 Å². The van der Waals surface area contributed by atoms with E-state index in [0.717, 1.165) is 0 Å². The van der Waals surface area contributed by atoms with Gasteiger partial charge in [0.25, 0.3) is 5.91 Å². The Hall–Kier alpha value is -1.78. The number of likely N-dealkylation sites (N-methyl/N-ethyl adjacent to an activating group) is 1. The van der Waals surface area contributed by atoms with Crippen LogP contribution in [0.2, 0.25) is 0 Å². The third-order valence-electron chi connectivity index (χ3n) is 2.24. The summed E-state index contributed by atoms with van der Waals surface area (Å²) in [6.45, 7) is 2.21. The van der Waals surface area contributed by atoms with Crippen LogP contribution < -0.4 is 10.5 Å². The van der Waals surface area contributed by atoms with Gasteiger partial charge in [-0.05, 0) is 19.1 Å². The van der Waals surface area contributed by atoms with Gasteiger partial charge in [0, 0.05) is 13.6 Å². The minimum atomic E-state index is -0.563. The first kappa shape index (κ1) is 12.3. The minimum Gasteiger partial charge on any atom is -0.479 e. The van der Waals surface area contributed by atoms with Gasteiger partial charge in [0.2, 0.25) is 0 Å². The highest BCUT2D eigenvalue weighted by atomic mass is 19.1. The number of carbonyl (C=O) groups is 1. The molecule has 0 radical (unpaired) electrons. The number of benzene rings is 1. The summed E-state index contributed by atoms with van der Waals surface area (Å²) in [5.74, 6) is -0.850. The Labute approximate surface area is 93.8 Å². The predicted octanol–water partition coefficient (Wildman–Crippen LogP) is 1.26. The Morgan fingerprint density at radius 3 is 2.81 bits per heavy atom. The average molecular weight is 226 g/mol. The summed E-state index contributed by atoms with van der Waals surface area (Å²) >= 11 is 0. The normalized spacial score (nSPS) is 9.94. The first-order chi connectivity index (χ1) is 7.56. The van der Waals surface area contributed by atoms with Crippen LogP contribution in [0.3, 0.4) is 0 Å². The van der Waals surface area contributed by atoms with Gasteiger partial charge in [-0.1, -0.05) is 6.07 Å². The highest BCUT2D eigenvalue weighted by Crippen LogP contribution is 2.24. The van der Waals surface area contributed by atoms with Crippen molar-refractivity contribution in [2.24, 2.45) is 0 Å². The van der Waals surface area contributed by atoms with Crippen LogP contribution in [0.4, 0.5) is 10.1 Å². The van der Waals surface area contributed by atoms with E-state index in [4.69, 9.17) is 10.5 Å². The Balaban J connectivity index is 2.65. The van der Waals surface area contributed by atoms with Gasteiger partial charge >= 0.3 is 0 Å². The van der Waals surface area contributed by atoms with Gasteiger partial charge < -0.3 is 15.4 Å². The molecule has 0 unspecified atom stereocenters. The van der Waals surface area contributed by atoms with Crippen LogP contribution in [0.15, 0.2) is 18.2 Å². The number of hydrogen-bond acceptors (Lipinski definition) is 3. The van der Waals surface area contributed by atoms with Gasteiger partial charge in [0.1, 0.15) is 0 Å². The number of rotatable bonds is 4. The minimum absolute atomic E-state index is 0.0691. The number of halogens is 1. The molecule has 0 bridgehead atoms. The van der Waals surface area contributed by atoms with E-state index in [9.17, 15) is 9.18 Å². The van der Waals surface area contributed by atoms with Crippen LogP contribution in [-0.2, 0) is 4.79 Å². The summed E-state index contributed by atoms with van der Waals surface area (Å²) in [6.07, 6.45) is 0. The van der Waals surface area contributed by atoms with E-state index < -0.39 is 5.82 Å². The Bertz CT molecular complexity index is 362. The summed E-state index contributed by atoms with van der Waals surface area (Å²) in [4.78, 5) is 12.9. The van der Waals surface area contributed by atoms with Crippen LogP contribution in [0.1, 0.15) is 6.92 Å². The molecule has 1 amide bonds. The van der Waals surface area contributed by atoms with Crippen molar-refractivity contribution in [1.29, 1.82) is 0 Å². The monoisotopic (exact) mass is 226 g/mol. The zero-order chi connectivity index (χ0) is 12.1. The molecule has 2 N–H and O–H groups in total. The first-order valence-electron chi connectivity index (χ1n) is 4.97. The molecule has 0 saturated heterocycles. The van der Waals surface area contributed by atoms with Crippen molar-refractivity contribution in [1.82, 2.24) is 4.90 Å². The second-order valence-electron chi connectivity index (χ2n) is 3.35. The summed E-state index contributed by atoms with van der Waals surface area (Å²) < 4.78 is 18.3. The molecule has 4 nitrogen and oxygen atoms in total. The quantitative estimate of drug-likeness (QED) is 0.786. The fraction of sp³-hybridized carbons (Fsp3) is 0.364. The SMILES string of the molecule is CCN(C)C(=O)COc1c(N)cccc1F. The molecule has 1 rings (SSSR count). The number of nitrogen functional groups attached to an aromatic ring is 1. The highest BCUT2D eigenvalue weighted by Gasteiger charge is 2.11. The van der Waals surface area contributed by atoms with Gasteiger partial charge in [0.15, 0.2) is 18.2 Å². The van der Waals surface area contributed by atoms with Crippen LogP contribution in [0.5, 0.6) is 5.75 Å². The van der Waals surface area contributed by atoms with E-state index in [1.54, 1.807) is 7.05 Å². The van der Waals surface area contributed by atoms with Gasteiger partial charge in [-0.15, -0.1) is 0 Å². The molecule has 0 spiro atoms. The number of anilines is 1. The zero-order valence-electron chi connectivity index (χ0n) is 9.37. The third-order valence-corrected chi connectivity index (χ3v) is 2.24. The largest absolute Gasteiger partial charge is 0.479 e. The fourth-order valence-electron chi connectivity index (χ4n) is 1.10. The lowest BCUT2D eigenvalue weighted by atomic mass is 10.3. The number of ether oxygens (including phenoxy) is 1. The Morgan fingerprint density at radius 2 is 2.25 bits per heavy atom. The van der Waals surface area contributed by atoms with E-state index in [0.29, 0.717) is 6.54 Å². The third kappa shape index (κ3) is 2.85. The van der Waals surface area contributed by atoms with Crippen LogP contribution in [-0.4, -0.2) is 31.0 Å². The smallest absolute Gasteiger partial charge is 0.260 e. The second-order valence-corrected chi connectivity index (χ2v) is 3.35. The van der Waals surface area contributed by atoms with Crippen molar-refractivity contribution >= 4 is 11.6 Å². The molecule has 1 aromatic rings. The van der Waals surface area contributed by atoms with Crippen molar-refractivity contribution in [3.63, 3.8) is 0 Å². The maximum Gasteiger partial charge on any atom is 0.260 e. The maximum absolute atomic E-state index is 13.3. The predicted molar refractivity (Wildman–Crippen MR) is 59.6 cm³/mol. The molecule has 0 aliphatic rings. The number of para-hydroxylation sites is 1. The molecule has 0 atom stereocenters. The van der Waals surface area contributed by atoms with Crippen LogP contribution in [0, 0.1) is 5.82 Å². The Morgan fingerprint density at radius 1 is 1.56 bits per heavy atom. The molecule has 0 aliphatic heterocycles. The Kier molecular flexibility index (Phi) is 4.10. The molecular weight excluding hydrogens is 211 g/mol. The number of hydrogen-bond donors (Lipinski definition) is 1. The molecule has 0 fully saturated rings. The summed E-state index contributed by atoms with van der Waals surface area (Å²) in [5, 5.41) is 0. The number of amides is 1. The van der Waals surface area contributed by atoms with Gasteiger partial charge in [-0.2, -0.15) is 0 Å². The lowest BCUT2D eigenvalue weighted by Gasteiger charge is -2.15. The molecule has 16 heavy (non-hydrogen) atoms. The number of nitrogens with two attached hydrogens (primary N) is 1. The van der Waals surface area contributed by atoms with E-state index in [1.807, 2.05) is 6.92 Å². The molecule has 0 saturated carbocycles. The zero-order valence-corrected chi connectivity index (χ0v) is 9.37. The highest BCUT2D eigenvalue weighted by molar-refractivity contribution is 5.77. The van der Waals surface area contributed by atoms with E-state index >= 15 is 0 Å². The standard InChI is InChI=1S/C11H15FN2O2/c1-3-14(2)10(15)7-16-11-8(12)5-4-6-9(11)13/h4-6H,3,7,13H2,1-2H3. The molecule has 0 heterocycles. The van der Waals surface area contributed by atoms with Crippen molar-refractivity contribution < 1.29 is 13.9 Å². The van der Waals surface area contributed by atoms with E-state index in [1.165, 1.54) is 23.1 Å². The number of nitrogens with zero attached hydrogens (tertiary/aromatic N) is 1. The summed E-state index contributed by atoms with van der Waals surface area (Å²) in [6, 6.07) is 4.24. The van der Waals surface area contributed by atoms with E-state index in [-0.39, 0.29) is 24.0 Å². The topological polar surface area (TPSA) is 55.6 Å². The lowest BCUT2D eigenvalue weighted by Crippen LogP contribution is -2.31. The van der Waals surface area contributed by atoms with Crippen LogP contribution >= 0.6 is 0 Å². The molecule has 0 aromatic heterocycles. The van der Waals surface area contributed by atoms with Gasteiger partial charge in [-0.25, -0.2) is 4.39 Å². The van der Waals surface area contributed by atoms with Crippen molar-refractivity contribution in [2.45, 2.75) is 6.92 Å². The lowest BCUT2D eigenvalue weighted by molar-refractivity contribution is -0.131. The van der Waals surface area contributed by atoms with Crippen molar-refractivity contribution in [2.75, 3.05) is 25.9 Å². The summed E-state index contributed by atoms with van der Waals surface area (Å²) in [7, 11) is 1.65. The molecule has 88 valence electrons. The van der Waals surface area contributed by atoms with E-state index in [2.05, 4.69) is 0 Å². The van der Waals surface area contributed by atoms with Crippen molar-refractivity contribution in [3.8, 4) is 5.75 Å². The number of carbonyl (C=O) groups excluding carboxylic acids is 1. The molecule has 5 heteroatoms. The van der Waals surface area contributed by atoms with Crippen molar-refractivity contribution in [3.05, 3.63) is 24.0 Å². The first-order valence-corrected chi connectivity index (χ1v) is 4.97. The molecule has 0 aliphatic carbocycles. The average Bonchev–Trinajstić information content (AvgIpc) is 2.27.